The Labute approximate surface area is 278 Å². The quantitative estimate of drug-likeness (QED) is 0.123. The Morgan fingerprint density at radius 2 is 1.67 bits per heavy atom. The smallest absolute Gasteiger partial charge is 0.340 e. The molecule has 0 radical (unpaired) electrons. The van der Waals surface area contributed by atoms with Crippen molar-refractivity contribution in [3.05, 3.63) is 140 Å². The second-order valence-electron chi connectivity index (χ2n) is 10.8. The van der Waals surface area contributed by atoms with Crippen LogP contribution in [0.5, 0.6) is 0 Å². The predicted molar refractivity (Wildman–Crippen MR) is 177 cm³/mol. The van der Waals surface area contributed by atoms with Crippen LogP contribution in [0, 0.1) is 6.92 Å². The van der Waals surface area contributed by atoms with E-state index in [0.717, 1.165) is 11.1 Å². The topological polar surface area (TPSA) is 97.1 Å². The number of nitrogens with zero attached hydrogens (tertiary/aromatic N) is 2. The van der Waals surface area contributed by atoms with Crippen molar-refractivity contribution in [2.24, 2.45) is 0 Å². The van der Waals surface area contributed by atoms with Crippen molar-refractivity contribution in [2.45, 2.75) is 38.3 Å². The largest absolute Gasteiger partial charge is 0.465 e. The molecule has 46 heavy (non-hydrogen) atoms. The van der Waals surface area contributed by atoms with Crippen molar-refractivity contribution in [1.29, 1.82) is 0 Å². The monoisotopic (exact) mass is 678 g/mol. The fourth-order valence-electron chi connectivity index (χ4n) is 5.18. The van der Waals surface area contributed by atoms with Gasteiger partial charge in [0.15, 0.2) is 0 Å². The molecule has 0 N–H and O–H groups in total. The summed E-state index contributed by atoms with van der Waals surface area (Å²) in [4.78, 5) is 28.1. The molecule has 3 aromatic carbocycles. The van der Waals surface area contributed by atoms with E-state index in [1.54, 1.807) is 66.4 Å². The molecule has 1 aliphatic heterocycles. The fourth-order valence-corrected chi connectivity index (χ4v) is 7.03. The number of methoxy groups -OCH3 is 1. The third-order valence-corrected chi connectivity index (χ3v) is 10.1. The van der Waals surface area contributed by atoms with E-state index in [4.69, 9.17) is 32.4 Å². The van der Waals surface area contributed by atoms with Crippen LogP contribution in [0.3, 0.4) is 0 Å². The zero-order valence-corrected chi connectivity index (χ0v) is 27.8. The average molecular weight is 680 g/mol. The van der Waals surface area contributed by atoms with E-state index >= 15 is 0 Å². The predicted octanol–water partition coefficient (Wildman–Crippen LogP) is 7.20. The van der Waals surface area contributed by atoms with Gasteiger partial charge >= 0.3 is 5.97 Å². The molecule has 2 heterocycles. The van der Waals surface area contributed by atoms with Gasteiger partial charge in [0, 0.05) is 28.8 Å². The van der Waals surface area contributed by atoms with Crippen LogP contribution in [0.1, 0.15) is 35.1 Å². The van der Waals surface area contributed by atoms with Gasteiger partial charge < -0.3 is 14.1 Å². The molecule has 11 heteroatoms. The van der Waals surface area contributed by atoms with Gasteiger partial charge in [-0.05, 0) is 73.9 Å². The van der Waals surface area contributed by atoms with Gasteiger partial charge in [-0.2, -0.15) is 4.31 Å². The summed E-state index contributed by atoms with van der Waals surface area (Å²) in [6.45, 7) is 3.77. The highest BCUT2D eigenvalue weighted by Gasteiger charge is 2.37. The van der Waals surface area contributed by atoms with Gasteiger partial charge in [-0.1, -0.05) is 77.3 Å². The van der Waals surface area contributed by atoms with Crippen LogP contribution in [0.4, 0.5) is 0 Å². The number of benzene rings is 3. The summed E-state index contributed by atoms with van der Waals surface area (Å²) < 4.78 is 40.0. The van der Waals surface area contributed by atoms with Gasteiger partial charge in [-0.25, -0.2) is 13.2 Å². The molecule has 8 nitrogen and oxygen atoms in total. The Hall–Kier alpha value is -4.15. The summed E-state index contributed by atoms with van der Waals surface area (Å²) in [6.07, 6.45) is 2.08. The standard InChI is InChI=1S/C35H32Cl2N2O6S/c1-23-9-15-30(16-10-23)46(42,43)38(21-26-11-12-27(36)19-32(26)37)22-29-14-13-28(45-29)20-31-33(35(41)44-3)24(2)39(34(31)40)18-17-25-7-5-4-6-8-25/h4-16,19-20H,17-18,21-22H2,1-3H3/b31-20+. The summed E-state index contributed by atoms with van der Waals surface area (Å²) >= 11 is 12.5. The van der Waals surface area contributed by atoms with Gasteiger partial charge in [0.05, 0.1) is 29.7 Å². The number of ether oxygens (including phenoxy) is 1. The number of allylic oxidation sites excluding steroid dienone is 1. The van der Waals surface area contributed by atoms with Crippen molar-refractivity contribution < 1.29 is 27.2 Å². The molecule has 238 valence electrons. The number of hydrogen-bond acceptors (Lipinski definition) is 6. The van der Waals surface area contributed by atoms with Gasteiger partial charge in [0.1, 0.15) is 11.5 Å². The van der Waals surface area contributed by atoms with E-state index in [0.29, 0.717) is 40.0 Å². The minimum atomic E-state index is -3.99. The Balaban J connectivity index is 1.44. The maximum atomic E-state index is 13.8. The van der Waals surface area contributed by atoms with Crippen molar-refractivity contribution in [3.8, 4) is 0 Å². The molecule has 0 spiro atoms. The molecule has 0 saturated carbocycles. The molecule has 5 rings (SSSR count). The zero-order chi connectivity index (χ0) is 33.0. The van der Waals surface area contributed by atoms with Crippen LogP contribution in [0.2, 0.25) is 10.0 Å². The number of rotatable bonds is 11. The highest BCUT2D eigenvalue weighted by atomic mass is 35.5. The van der Waals surface area contributed by atoms with Crippen LogP contribution in [-0.2, 0) is 43.9 Å². The summed E-state index contributed by atoms with van der Waals surface area (Å²) in [5.74, 6) is -0.400. The number of furan rings is 1. The van der Waals surface area contributed by atoms with Gasteiger partial charge in [0.2, 0.25) is 10.0 Å². The lowest BCUT2D eigenvalue weighted by Gasteiger charge is -2.22. The Morgan fingerprint density at radius 1 is 0.957 bits per heavy atom. The number of amides is 1. The third-order valence-electron chi connectivity index (χ3n) is 7.69. The second kappa shape index (κ2) is 14.1. The van der Waals surface area contributed by atoms with Crippen LogP contribution < -0.4 is 0 Å². The van der Waals surface area contributed by atoms with Gasteiger partial charge in [0.25, 0.3) is 5.91 Å². The highest BCUT2D eigenvalue weighted by Crippen LogP contribution is 2.33. The first-order valence-electron chi connectivity index (χ1n) is 14.4. The van der Waals surface area contributed by atoms with Crippen LogP contribution in [0.15, 0.2) is 111 Å². The Kier molecular flexibility index (Phi) is 10.2. The molecule has 0 fully saturated rings. The first-order chi connectivity index (χ1) is 22.0. The number of aryl methyl sites for hydroxylation is 1. The number of carbonyl (C=O) groups excluding carboxylic acids is 2. The lowest BCUT2D eigenvalue weighted by atomic mass is 10.1. The molecular formula is C35H32Cl2N2O6S. The molecular weight excluding hydrogens is 647 g/mol. The molecule has 1 aliphatic rings. The van der Waals surface area contributed by atoms with E-state index in [-0.39, 0.29) is 40.8 Å². The van der Waals surface area contributed by atoms with Crippen molar-refractivity contribution in [3.63, 3.8) is 0 Å². The van der Waals surface area contributed by atoms with E-state index in [1.165, 1.54) is 17.5 Å². The molecule has 0 saturated heterocycles. The number of esters is 1. The summed E-state index contributed by atoms with van der Waals surface area (Å²) in [5.41, 5.74) is 3.31. The fraction of sp³-hybridized carbons (Fsp3) is 0.200. The first kappa shape index (κ1) is 33.2. The molecule has 0 atom stereocenters. The minimum absolute atomic E-state index is 0.0490. The van der Waals surface area contributed by atoms with Gasteiger partial charge in [-0.3, -0.25) is 4.79 Å². The maximum Gasteiger partial charge on any atom is 0.340 e. The van der Waals surface area contributed by atoms with Crippen molar-refractivity contribution >= 4 is 51.2 Å². The summed E-state index contributed by atoms with van der Waals surface area (Å²) in [5, 5.41) is 0.761. The maximum absolute atomic E-state index is 13.8. The first-order valence-corrected chi connectivity index (χ1v) is 16.6. The van der Waals surface area contributed by atoms with E-state index in [9.17, 15) is 18.0 Å². The molecule has 0 unspecified atom stereocenters. The highest BCUT2D eigenvalue weighted by molar-refractivity contribution is 7.89. The van der Waals surface area contributed by atoms with Crippen molar-refractivity contribution in [1.82, 2.24) is 9.21 Å². The normalized spacial score (nSPS) is 14.5. The Morgan fingerprint density at radius 3 is 2.35 bits per heavy atom. The second-order valence-corrected chi connectivity index (χ2v) is 13.6. The average Bonchev–Trinajstić information content (AvgIpc) is 3.57. The minimum Gasteiger partial charge on any atom is -0.465 e. The molecule has 4 aromatic rings. The molecule has 0 aliphatic carbocycles. The lowest BCUT2D eigenvalue weighted by Crippen LogP contribution is -2.30. The summed E-state index contributed by atoms with van der Waals surface area (Å²) in [7, 11) is -2.73. The molecule has 1 aromatic heterocycles. The number of sulfonamides is 1. The van der Waals surface area contributed by atoms with E-state index in [1.807, 2.05) is 37.3 Å². The van der Waals surface area contributed by atoms with Crippen LogP contribution >= 0.6 is 23.2 Å². The number of hydrogen-bond donors (Lipinski definition) is 0. The van der Waals surface area contributed by atoms with E-state index in [2.05, 4.69) is 0 Å². The number of halogens is 2. The summed E-state index contributed by atoms with van der Waals surface area (Å²) in [6, 6.07) is 24.4. The molecule has 0 bridgehead atoms. The van der Waals surface area contributed by atoms with Crippen LogP contribution in [-0.4, -0.2) is 43.2 Å². The van der Waals surface area contributed by atoms with Crippen LogP contribution in [0.25, 0.3) is 6.08 Å². The molecule has 1 amide bonds. The van der Waals surface area contributed by atoms with E-state index < -0.39 is 16.0 Å². The zero-order valence-electron chi connectivity index (χ0n) is 25.5. The SMILES string of the molecule is COC(=O)C1=C(C)N(CCc2ccccc2)C(=O)/C1=C/c1ccc(CN(Cc2ccc(Cl)cc2Cl)S(=O)(=O)c2ccc(C)cc2)o1. The number of carbonyl (C=O) groups is 2. The van der Waals surface area contributed by atoms with Crippen molar-refractivity contribution in [2.75, 3.05) is 13.7 Å². The van der Waals surface area contributed by atoms with Gasteiger partial charge in [-0.15, -0.1) is 0 Å². The lowest BCUT2D eigenvalue weighted by molar-refractivity contribution is -0.136. The Bertz CT molecular complexity index is 1930. The third kappa shape index (κ3) is 7.29.